The molecule has 0 spiro atoms. The highest BCUT2D eigenvalue weighted by Gasteiger charge is 2.12. The van der Waals surface area contributed by atoms with Gasteiger partial charge in [-0.25, -0.2) is 9.38 Å². The van der Waals surface area contributed by atoms with Gasteiger partial charge in [0.15, 0.2) is 5.96 Å². The molecule has 0 aliphatic carbocycles. The van der Waals surface area contributed by atoms with E-state index in [0.717, 1.165) is 5.56 Å². The van der Waals surface area contributed by atoms with E-state index in [2.05, 4.69) is 15.6 Å². The predicted molar refractivity (Wildman–Crippen MR) is 95.9 cm³/mol. The number of para-hydroxylation sites is 1. The van der Waals surface area contributed by atoms with Crippen molar-refractivity contribution in [1.82, 2.24) is 10.6 Å². The van der Waals surface area contributed by atoms with Gasteiger partial charge in [-0.1, -0.05) is 30.3 Å². The van der Waals surface area contributed by atoms with Crippen molar-refractivity contribution in [3.05, 3.63) is 75.1 Å². The van der Waals surface area contributed by atoms with E-state index < -0.39 is 4.92 Å². The Morgan fingerprint density at radius 3 is 2.68 bits per heavy atom. The molecule has 7 heteroatoms. The molecule has 0 saturated heterocycles. The van der Waals surface area contributed by atoms with Gasteiger partial charge in [0.2, 0.25) is 0 Å². The number of halogens is 1. The molecule has 2 aromatic carbocycles. The number of hydrogen-bond acceptors (Lipinski definition) is 3. The Balaban J connectivity index is 2.07. The molecule has 0 aliphatic heterocycles. The second-order valence-corrected chi connectivity index (χ2v) is 5.52. The number of guanidine groups is 1. The maximum atomic E-state index is 13.3. The summed E-state index contributed by atoms with van der Waals surface area (Å²) < 4.78 is 13.3. The summed E-state index contributed by atoms with van der Waals surface area (Å²) in [6, 6.07) is 11.4. The number of hydrogen-bond donors (Lipinski definition) is 2. The normalized spacial score (nSPS) is 11.2. The first-order valence-electron chi connectivity index (χ1n) is 8.00. The Morgan fingerprint density at radius 2 is 2.00 bits per heavy atom. The van der Waals surface area contributed by atoms with E-state index in [1.807, 2.05) is 6.92 Å². The molecule has 0 saturated carbocycles. The minimum absolute atomic E-state index is 0.0695. The standard InChI is InChI=1S/C18H21FN4O2/c1-3-20-18(21-11-14-8-9-16(19)13(2)10-14)22-12-15-6-4-5-7-17(15)23(24)25/h4-10H,3,11-12H2,1-2H3,(H2,20,21,22). The lowest BCUT2D eigenvalue weighted by Crippen LogP contribution is -2.36. The second kappa shape index (κ2) is 8.77. The molecule has 0 radical (unpaired) electrons. The molecule has 0 aliphatic rings. The van der Waals surface area contributed by atoms with Crippen LogP contribution >= 0.6 is 0 Å². The van der Waals surface area contributed by atoms with Gasteiger partial charge in [0.25, 0.3) is 5.69 Å². The largest absolute Gasteiger partial charge is 0.357 e. The van der Waals surface area contributed by atoms with Crippen LogP contribution in [-0.2, 0) is 13.1 Å². The van der Waals surface area contributed by atoms with Crippen molar-refractivity contribution in [2.75, 3.05) is 6.54 Å². The van der Waals surface area contributed by atoms with Gasteiger partial charge in [-0.2, -0.15) is 0 Å². The van der Waals surface area contributed by atoms with Gasteiger partial charge in [-0.15, -0.1) is 0 Å². The molecule has 25 heavy (non-hydrogen) atoms. The number of nitrogens with one attached hydrogen (secondary N) is 2. The van der Waals surface area contributed by atoms with E-state index in [-0.39, 0.29) is 18.0 Å². The molecule has 6 nitrogen and oxygen atoms in total. The molecule has 0 amide bonds. The highest BCUT2D eigenvalue weighted by atomic mass is 19.1. The molecule has 0 bridgehead atoms. The number of nitro benzene ring substituents is 1. The minimum atomic E-state index is -0.400. The summed E-state index contributed by atoms with van der Waals surface area (Å²) in [6.07, 6.45) is 0. The van der Waals surface area contributed by atoms with Crippen LogP contribution in [0.25, 0.3) is 0 Å². The van der Waals surface area contributed by atoms with Crippen molar-refractivity contribution in [3.63, 3.8) is 0 Å². The first kappa shape index (κ1) is 18.4. The van der Waals surface area contributed by atoms with Gasteiger partial charge >= 0.3 is 0 Å². The lowest BCUT2D eigenvalue weighted by atomic mass is 10.1. The number of nitrogens with zero attached hydrogens (tertiary/aromatic N) is 2. The predicted octanol–water partition coefficient (Wildman–Crippen LogP) is 3.30. The number of benzene rings is 2. The third kappa shape index (κ3) is 5.27. The van der Waals surface area contributed by atoms with Crippen molar-refractivity contribution < 1.29 is 9.31 Å². The van der Waals surface area contributed by atoms with Crippen LogP contribution in [0, 0.1) is 22.9 Å². The van der Waals surface area contributed by atoms with Crippen molar-refractivity contribution >= 4 is 11.6 Å². The molecule has 0 aromatic heterocycles. The van der Waals surface area contributed by atoms with E-state index in [4.69, 9.17) is 0 Å². The first-order valence-corrected chi connectivity index (χ1v) is 8.00. The summed E-state index contributed by atoms with van der Waals surface area (Å²) in [5, 5.41) is 17.2. The zero-order chi connectivity index (χ0) is 18.2. The molecule has 0 atom stereocenters. The average molecular weight is 344 g/mol. The quantitative estimate of drug-likeness (QED) is 0.365. The molecular formula is C18H21FN4O2. The van der Waals surface area contributed by atoms with Crippen LogP contribution in [0.3, 0.4) is 0 Å². The van der Waals surface area contributed by atoms with Gasteiger partial charge in [0.05, 0.1) is 11.5 Å². The zero-order valence-electron chi connectivity index (χ0n) is 14.3. The summed E-state index contributed by atoms with van der Waals surface area (Å²) in [4.78, 5) is 15.1. The van der Waals surface area contributed by atoms with Crippen LogP contribution < -0.4 is 10.6 Å². The molecule has 2 N–H and O–H groups in total. The fourth-order valence-corrected chi connectivity index (χ4v) is 2.33. The van der Waals surface area contributed by atoms with Crippen molar-refractivity contribution in [3.8, 4) is 0 Å². The third-order valence-electron chi connectivity index (χ3n) is 3.62. The fourth-order valence-electron chi connectivity index (χ4n) is 2.33. The monoisotopic (exact) mass is 344 g/mol. The lowest BCUT2D eigenvalue weighted by molar-refractivity contribution is -0.385. The fraction of sp³-hybridized carbons (Fsp3) is 0.278. The zero-order valence-corrected chi connectivity index (χ0v) is 14.3. The van der Waals surface area contributed by atoms with Gasteiger partial charge in [0, 0.05) is 24.7 Å². The van der Waals surface area contributed by atoms with Crippen LogP contribution in [0.15, 0.2) is 47.5 Å². The Hall–Kier alpha value is -2.96. The second-order valence-electron chi connectivity index (χ2n) is 5.52. The van der Waals surface area contributed by atoms with E-state index in [1.54, 1.807) is 37.3 Å². The van der Waals surface area contributed by atoms with Crippen LogP contribution in [0.5, 0.6) is 0 Å². The molecule has 2 aromatic rings. The van der Waals surface area contributed by atoms with E-state index >= 15 is 0 Å². The molecule has 132 valence electrons. The van der Waals surface area contributed by atoms with Crippen LogP contribution in [0.2, 0.25) is 0 Å². The summed E-state index contributed by atoms with van der Waals surface area (Å²) >= 11 is 0. The van der Waals surface area contributed by atoms with Crippen molar-refractivity contribution in [2.45, 2.75) is 26.9 Å². The highest BCUT2D eigenvalue weighted by molar-refractivity contribution is 5.79. The van der Waals surface area contributed by atoms with E-state index in [0.29, 0.717) is 30.2 Å². The number of aliphatic imine (C=N–C) groups is 1. The number of nitro groups is 1. The van der Waals surface area contributed by atoms with Gasteiger partial charge in [-0.05, 0) is 31.0 Å². The molecule has 0 unspecified atom stereocenters. The SMILES string of the molecule is CCNC(=NCc1ccc(F)c(C)c1)NCc1ccccc1[N+](=O)[O-]. The number of aryl methyl sites for hydroxylation is 1. The van der Waals surface area contributed by atoms with Crippen LogP contribution in [0.4, 0.5) is 10.1 Å². The van der Waals surface area contributed by atoms with Crippen molar-refractivity contribution in [2.24, 2.45) is 4.99 Å². The summed E-state index contributed by atoms with van der Waals surface area (Å²) in [5.74, 6) is 0.303. The third-order valence-corrected chi connectivity index (χ3v) is 3.62. The van der Waals surface area contributed by atoms with E-state index in [9.17, 15) is 14.5 Å². The molecule has 0 fully saturated rings. The maximum Gasteiger partial charge on any atom is 0.274 e. The Bertz CT molecular complexity index is 777. The van der Waals surface area contributed by atoms with Crippen molar-refractivity contribution in [1.29, 1.82) is 0 Å². The smallest absolute Gasteiger partial charge is 0.274 e. The molecular weight excluding hydrogens is 323 g/mol. The van der Waals surface area contributed by atoms with E-state index in [1.165, 1.54) is 12.1 Å². The molecule has 2 rings (SSSR count). The maximum absolute atomic E-state index is 13.3. The lowest BCUT2D eigenvalue weighted by Gasteiger charge is -2.11. The Labute approximate surface area is 145 Å². The topological polar surface area (TPSA) is 79.6 Å². The van der Waals surface area contributed by atoms with Gasteiger partial charge in [-0.3, -0.25) is 10.1 Å². The Morgan fingerprint density at radius 1 is 1.24 bits per heavy atom. The summed E-state index contributed by atoms with van der Waals surface area (Å²) in [7, 11) is 0. The Kier molecular flexibility index (Phi) is 6.45. The summed E-state index contributed by atoms with van der Waals surface area (Å²) in [5.41, 5.74) is 2.11. The summed E-state index contributed by atoms with van der Waals surface area (Å²) in [6.45, 7) is 4.97. The average Bonchev–Trinajstić information content (AvgIpc) is 2.60. The number of rotatable bonds is 6. The van der Waals surface area contributed by atoms with Gasteiger partial charge in [0.1, 0.15) is 5.82 Å². The van der Waals surface area contributed by atoms with Gasteiger partial charge < -0.3 is 10.6 Å². The minimum Gasteiger partial charge on any atom is -0.357 e. The highest BCUT2D eigenvalue weighted by Crippen LogP contribution is 2.17. The van der Waals surface area contributed by atoms with Crippen LogP contribution in [0.1, 0.15) is 23.6 Å². The molecule has 0 heterocycles. The van der Waals surface area contributed by atoms with Crippen LogP contribution in [-0.4, -0.2) is 17.4 Å². The first-order chi connectivity index (χ1) is 12.0.